The first-order valence-corrected chi connectivity index (χ1v) is 17.9. The monoisotopic (exact) mass is 627 g/mol. The van der Waals surface area contributed by atoms with Crippen molar-refractivity contribution in [3.8, 4) is 16.8 Å². The predicted molar refractivity (Wildman–Crippen MR) is 202 cm³/mol. The molecule has 8 aromatic rings. The van der Waals surface area contributed by atoms with Crippen molar-refractivity contribution in [1.82, 2.24) is 4.57 Å². The van der Waals surface area contributed by atoms with Crippen LogP contribution in [-0.4, -0.2) is 12.6 Å². The van der Waals surface area contributed by atoms with Crippen LogP contribution in [-0.2, 0) is 0 Å². The van der Waals surface area contributed by atoms with Crippen LogP contribution < -0.4 is 20.7 Å². The summed E-state index contributed by atoms with van der Waals surface area (Å²) in [5.74, 6) is 0. The summed E-state index contributed by atoms with van der Waals surface area (Å²) in [5, 5.41) is 6.99. The lowest BCUT2D eigenvalue weighted by Gasteiger charge is -2.35. The first kappa shape index (κ1) is 29.0. The van der Waals surface area contributed by atoms with E-state index in [1.807, 2.05) is 24.3 Å². The molecule has 0 aliphatic heterocycles. The lowest BCUT2D eigenvalue weighted by Crippen LogP contribution is -2.74. The van der Waals surface area contributed by atoms with E-state index in [1.54, 1.807) is 0 Å². The molecule has 4 heteroatoms. The summed E-state index contributed by atoms with van der Waals surface area (Å²) in [6.45, 7) is 16.8. The van der Waals surface area contributed by atoms with Gasteiger partial charge in [0.05, 0.1) is 29.9 Å². The minimum atomic E-state index is -2.95. The molecular formula is C44H29N3Si. The van der Waals surface area contributed by atoms with E-state index in [0.717, 1.165) is 43.8 Å². The molecule has 0 N–H and O–H groups in total. The lowest BCUT2D eigenvalue weighted by molar-refractivity contribution is 1.19. The molecule has 3 nitrogen and oxygen atoms in total. The summed E-state index contributed by atoms with van der Waals surface area (Å²) in [6.07, 6.45) is 0. The maximum Gasteiger partial charge on any atom is 0.210 e. The quantitative estimate of drug-likeness (QED) is 0.0993. The average molecular weight is 628 g/mol. The van der Waals surface area contributed by atoms with Crippen LogP contribution in [0.3, 0.4) is 0 Å². The molecular weight excluding hydrogens is 599 g/mol. The summed E-state index contributed by atoms with van der Waals surface area (Å²) < 4.78 is 2.19. The molecule has 0 saturated carbocycles. The van der Waals surface area contributed by atoms with E-state index in [2.05, 4.69) is 166 Å². The topological polar surface area (TPSA) is 13.7 Å². The van der Waals surface area contributed by atoms with Gasteiger partial charge in [0.15, 0.2) is 13.8 Å². The van der Waals surface area contributed by atoms with Gasteiger partial charge in [-0.1, -0.05) is 158 Å². The number of benzene rings is 7. The van der Waals surface area contributed by atoms with Crippen LogP contribution in [0.1, 0.15) is 0 Å². The zero-order valence-corrected chi connectivity index (χ0v) is 27.1. The van der Waals surface area contributed by atoms with Crippen molar-refractivity contribution in [2.75, 3.05) is 0 Å². The van der Waals surface area contributed by atoms with Crippen molar-refractivity contribution in [2.24, 2.45) is 0 Å². The van der Waals surface area contributed by atoms with Gasteiger partial charge in [-0.05, 0) is 50.1 Å². The molecule has 0 saturated heterocycles. The number of rotatable bonds is 6. The molecule has 0 unspecified atom stereocenters. The highest BCUT2D eigenvalue weighted by Crippen LogP contribution is 2.39. The van der Waals surface area contributed by atoms with Gasteiger partial charge in [-0.15, -0.1) is 0 Å². The average Bonchev–Trinajstić information content (AvgIpc) is 3.50. The van der Waals surface area contributed by atoms with Gasteiger partial charge in [0.2, 0.25) is 5.69 Å². The third-order valence-electron chi connectivity index (χ3n) is 9.40. The number of hydrogen-bond acceptors (Lipinski definition) is 0. The molecule has 0 spiro atoms. The van der Waals surface area contributed by atoms with Gasteiger partial charge < -0.3 is 4.57 Å². The van der Waals surface area contributed by atoms with Crippen LogP contribution in [0, 0.1) is 13.1 Å². The second-order valence-corrected chi connectivity index (χ2v) is 15.6. The molecule has 0 amide bonds. The van der Waals surface area contributed by atoms with Crippen molar-refractivity contribution in [2.45, 2.75) is 0 Å². The molecule has 224 valence electrons. The zero-order valence-electron chi connectivity index (χ0n) is 26.1. The van der Waals surface area contributed by atoms with Crippen LogP contribution in [0.25, 0.3) is 48.3 Å². The number of fused-ring (bicyclic) bond motifs is 3. The first-order chi connectivity index (χ1) is 23.8. The molecule has 0 bridgehead atoms. The molecule has 1 aromatic heterocycles. The van der Waals surface area contributed by atoms with Gasteiger partial charge in [0, 0.05) is 10.8 Å². The minimum Gasteiger partial charge on any atom is -0.319 e. The maximum atomic E-state index is 8.72. The zero-order chi connectivity index (χ0) is 32.5. The molecule has 0 fully saturated rings. The minimum absolute atomic E-state index is 0.562. The Labute approximate surface area is 281 Å². The van der Waals surface area contributed by atoms with Crippen LogP contribution in [0.2, 0.25) is 0 Å². The third kappa shape index (κ3) is 4.48. The third-order valence-corrected chi connectivity index (χ3v) is 14.2. The van der Waals surface area contributed by atoms with Crippen molar-refractivity contribution in [1.29, 1.82) is 0 Å². The predicted octanol–water partition coefficient (Wildman–Crippen LogP) is 8.93. The fourth-order valence-electron chi connectivity index (χ4n) is 7.38. The standard InChI is InChI=1S/C44H29N3Si/c1-45-39-30-29-32(31-42(39)47-40-26-14-12-23-37(40)38-24-13-15-27-41(38)47)36-25-16-28-43(44(36)46-2)48(33-17-6-3-7-18-33,34-19-8-4-9-20-34)35-21-10-5-11-22-35/h3-31H. The van der Waals surface area contributed by atoms with Gasteiger partial charge in [0.25, 0.3) is 0 Å². The normalized spacial score (nSPS) is 11.3. The van der Waals surface area contributed by atoms with Crippen LogP contribution in [0.4, 0.5) is 11.4 Å². The Morgan fingerprint density at radius 3 is 1.46 bits per heavy atom. The number of hydrogen-bond donors (Lipinski definition) is 0. The fourth-order valence-corrected chi connectivity index (χ4v) is 12.3. The van der Waals surface area contributed by atoms with E-state index >= 15 is 0 Å². The Bertz CT molecular complexity index is 2370. The van der Waals surface area contributed by atoms with Gasteiger partial charge in [-0.3, -0.25) is 0 Å². The summed E-state index contributed by atoms with van der Waals surface area (Å²) in [4.78, 5) is 8.31. The first-order valence-electron chi connectivity index (χ1n) is 15.9. The van der Waals surface area contributed by atoms with E-state index in [1.165, 1.54) is 15.6 Å². The summed E-state index contributed by atoms with van der Waals surface area (Å²) in [7, 11) is -2.95. The highest BCUT2D eigenvalue weighted by atomic mass is 28.3. The van der Waals surface area contributed by atoms with Crippen molar-refractivity contribution >= 4 is 62.0 Å². The Balaban J connectivity index is 1.43. The Hall–Kier alpha value is -6.46. The second kappa shape index (κ2) is 12.0. The molecule has 8 rings (SSSR count). The smallest absolute Gasteiger partial charge is 0.210 e. The van der Waals surface area contributed by atoms with Gasteiger partial charge in [-0.25, -0.2) is 9.69 Å². The van der Waals surface area contributed by atoms with Crippen molar-refractivity contribution in [3.63, 3.8) is 0 Å². The fraction of sp³-hybridized carbons (Fsp3) is 0. The molecule has 0 atom stereocenters. The molecule has 0 radical (unpaired) electrons. The molecule has 7 aromatic carbocycles. The van der Waals surface area contributed by atoms with Gasteiger partial charge >= 0.3 is 0 Å². The van der Waals surface area contributed by atoms with E-state index in [-0.39, 0.29) is 0 Å². The SMILES string of the molecule is [C-]#[N+]c1ccc(-c2cccc([Si](c3ccccc3)(c3ccccc3)c3ccccc3)c2[N+]#[C-])cc1-n1c2ccccc2c2ccccc21. The van der Waals surface area contributed by atoms with Crippen molar-refractivity contribution < 1.29 is 0 Å². The number of nitrogens with zero attached hydrogens (tertiary/aromatic N) is 3. The molecule has 1 heterocycles. The Morgan fingerprint density at radius 1 is 0.458 bits per heavy atom. The van der Waals surface area contributed by atoms with E-state index in [0.29, 0.717) is 11.4 Å². The lowest BCUT2D eigenvalue weighted by atomic mass is 10.0. The molecule has 0 aliphatic rings. The van der Waals surface area contributed by atoms with Crippen LogP contribution in [0.15, 0.2) is 176 Å². The summed E-state index contributed by atoms with van der Waals surface area (Å²) >= 11 is 0. The van der Waals surface area contributed by atoms with Crippen LogP contribution in [0.5, 0.6) is 0 Å². The maximum absolute atomic E-state index is 8.72. The van der Waals surface area contributed by atoms with Crippen LogP contribution >= 0.6 is 0 Å². The number of para-hydroxylation sites is 3. The van der Waals surface area contributed by atoms with E-state index in [9.17, 15) is 0 Å². The highest BCUT2D eigenvalue weighted by molar-refractivity contribution is 7.20. The second-order valence-electron chi connectivity index (χ2n) is 11.8. The van der Waals surface area contributed by atoms with Crippen molar-refractivity contribution in [3.05, 3.63) is 199 Å². The van der Waals surface area contributed by atoms with E-state index in [4.69, 9.17) is 13.1 Å². The van der Waals surface area contributed by atoms with E-state index < -0.39 is 8.07 Å². The molecule has 48 heavy (non-hydrogen) atoms. The molecule has 0 aliphatic carbocycles. The Kier molecular flexibility index (Phi) is 7.27. The largest absolute Gasteiger partial charge is 0.319 e. The van der Waals surface area contributed by atoms with Gasteiger partial charge in [0.1, 0.15) is 0 Å². The van der Waals surface area contributed by atoms with Gasteiger partial charge in [-0.2, -0.15) is 0 Å². The highest BCUT2D eigenvalue weighted by Gasteiger charge is 2.43. The Morgan fingerprint density at radius 2 is 0.958 bits per heavy atom. The summed E-state index contributed by atoms with van der Waals surface area (Å²) in [5.41, 5.74) is 5.87. The number of aromatic nitrogens is 1. The summed E-state index contributed by atoms with van der Waals surface area (Å²) in [6, 6.07) is 61.1.